The van der Waals surface area contributed by atoms with Gasteiger partial charge >= 0.3 is 0 Å². The summed E-state index contributed by atoms with van der Waals surface area (Å²) in [5.74, 6) is 0.000485. The van der Waals surface area contributed by atoms with Gasteiger partial charge in [-0.15, -0.1) is 0 Å². The van der Waals surface area contributed by atoms with E-state index in [2.05, 4.69) is 29.0 Å². The normalized spacial score (nSPS) is 16.7. The maximum Gasteiger partial charge on any atom is 0.243 e. The van der Waals surface area contributed by atoms with E-state index in [1.807, 2.05) is 56.9 Å². The molecule has 0 bridgehead atoms. The van der Waals surface area contributed by atoms with Crippen molar-refractivity contribution < 1.29 is 9.59 Å². The molecule has 1 unspecified atom stereocenters. The third kappa shape index (κ3) is 3.92. The highest BCUT2D eigenvalue weighted by molar-refractivity contribution is 5.85. The van der Waals surface area contributed by atoms with Gasteiger partial charge in [0.25, 0.3) is 0 Å². The van der Waals surface area contributed by atoms with Crippen LogP contribution in [0.15, 0.2) is 48.7 Å². The van der Waals surface area contributed by atoms with E-state index in [9.17, 15) is 9.59 Å². The Kier molecular flexibility index (Phi) is 5.40. The molecule has 5 heteroatoms. The predicted octanol–water partition coefficient (Wildman–Crippen LogP) is 3.46. The van der Waals surface area contributed by atoms with Gasteiger partial charge < -0.3 is 14.4 Å². The van der Waals surface area contributed by atoms with Gasteiger partial charge in [-0.25, -0.2) is 0 Å². The van der Waals surface area contributed by atoms with E-state index in [-0.39, 0.29) is 29.9 Å². The van der Waals surface area contributed by atoms with Crippen LogP contribution in [0.25, 0.3) is 0 Å². The summed E-state index contributed by atoms with van der Waals surface area (Å²) in [6.45, 7) is 9.29. The summed E-state index contributed by atoms with van der Waals surface area (Å²) in [6.07, 6.45) is 2.46. The minimum Gasteiger partial charge on any atom is -0.348 e. The summed E-state index contributed by atoms with van der Waals surface area (Å²) >= 11 is 0. The van der Waals surface area contributed by atoms with Gasteiger partial charge in [0.1, 0.15) is 6.54 Å². The van der Waals surface area contributed by atoms with E-state index in [1.165, 1.54) is 0 Å². The first-order valence-corrected chi connectivity index (χ1v) is 9.63. The maximum absolute atomic E-state index is 13.3. The molecule has 1 atom stereocenters. The maximum atomic E-state index is 13.3. The molecule has 0 fully saturated rings. The van der Waals surface area contributed by atoms with E-state index in [0.717, 1.165) is 17.8 Å². The van der Waals surface area contributed by atoms with Crippen molar-refractivity contribution in [2.75, 3.05) is 13.1 Å². The Morgan fingerprint density at radius 1 is 1.07 bits per heavy atom. The van der Waals surface area contributed by atoms with Crippen molar-refractivity contribution >= 4 is 11.8 Å². The van der Waals surface area contributed by atoms with E-state index >= 15 is 0 Å². The lowest BCUT2D eigenvalue weighted by Gasteiger charge is -2.41. The summed E-state index contributed by atoms with van der Waals surface area (Å²) < 4.78 is 2.21. The molecule has 2 amide bonds. The van der Waals surface area contributed by atoms with Crippen molar-refractivity contribution in [1.82, 2.24) is 14.4 Å². The lowest BCUT2D eigenvalue weighted by molar-refractivity contribution is -0.146. The first-order chi connectivity index (χ1) is 12.8. The van der Waals surface area contributed by atoms with Crippen molar-refractivity contribution in [2.24, 2.45) is 0 Å². The summed E-state index contributed by atoms with van der Waals surface area (Å²) in [5.41, 5.74) is 1.82. The monoisotopic (exact) mass is 367 g/mol. The summed E-state index contributed by atoms with van der Waals surface area (Å²) in [5, 5.41) is 0. The van der Waals surface area contributed by atoms with Crippen molar-refractivity contribution in [3.63, 3.8) is 0 Å². The second-order valence-electron chi connectivity index (χ2n) is 8.03. The van der Waals surface area contributed by atoms with Crippen LogP contribution >= 0.6 is 0 Å². The number of fused-ring (bicyclic) bond motifs is 1. The molecule has 0 saturated carbocycles. The van der Waals surface area contributed by atoms with Gasteiger partial charge in [0.15, 0.2) is 0 Å². The van der Waals surface area contributed by atoms with Crippen LogP contribution in [0.4, 0.5) is 0 Å². The number of amides is 2. The van der Waals surface area contributed by atoms with Crippen LogP contribution in [0.1, 0.15) is 51.4 Å². The molecule has 0 spiro atoms. The quantitative estimate of drug-likeness (QED) is 0.831. The first-order valence-electron chi connectivity index (χ1n) is 9.63. The van der Waals surface area contributed by atoms with Crippen molar-refractivity contribution in [2.45, 2.75) is 52.2 Å². The molecular weight excluding hydrogens is 338 g/mol. The fourth-order valence-corrected chi connectivity index (χ4v) is 3.75. The molecule has 3 rings (SSSR count). The number of hydrogen-bond donors (Lipinski definition) is 0. The van der Waals surface area contributed by atoms with Gasteiger partial charge in [0, 0.05) is 36.9 Å². The minimum absolute atomic E-state index is 0.00646. The average Bonchev–Trinajstić information content (AvgIpc) is 3.13. The van der Waals surface area contributed by atoms with Gasteiger partial charge in [-0.05, 0) is 38.5 Å². The molecule has 0 aliphatic carbocycles. The Hall–Kier alpha value is -2.56. The molecule has 5 nitrogen and oxygen atoms in total. The van der Waals surface area contributed by atoms with Crippen molar-refractivity contribution in [1.29, 1.82) is 0 Å². The molecular formula is C22H29N3O2. The zero-order valence-electron chi connectivity index (χ0n) is 16.7. The van der Waals surface area contributed by atoms with Gasteiger partial charge in [-0.1, -0.05) is 37.3 Å². The SMILES string of the molecule is CCC(=O)N(CC(=O)N1CCn2cccc2C1c1ccccc1)C(C)(C)C. The predicted molar refractivity (Wildman–Crippen MR) is 106 cm³/mol. The van der Waals surface area contributed by atoms with Crippen molar-refractivity contribution in [3.8, 4) is 0 Å². The van der Waals surface area contributed by atoms with Gasteiger partial charge in [-0.2, -0.15) is 0 Å². The zero-order chi connectivity index (χ0) is 19.6. The summed E-state index contributed by atoms with van der Waals surface area (Å²) in [4.78, 5) is 29.4. The first kappa shape index (κ1) is 19.2. The smallest absolute Gasteiger partial charge is 0.243 e. The average molecular weight is 367 g/mol. The van der Waals surface area contributed by atoms with Gasteiger partial charge in [0.05, 0.1) is 6.04 Å². The lowest BCUT2D eigenvalue weighted by Crippen LogP contribution is -2.53. The highest BCUT2D eigenvalue weighted by atomic mass is 16.2. The number of carbonyl (C=O) groups is 2. The topological polar surface area (TPSA) is 45.6 Å². The fraction of sp³-hybridized carbons (Fsp3) is 0.455. The van der Waals surface area contributed by atoms with Crippen LogP contribution in [-0.2, 0) is 16.1 Å². The Morgan fingerprint density at radius 3 is 2.41 bits per heavy atom. The molecule has 0 saturated heterocycles. The number of aromatic nitrogens is 1. The van der Waals surface area contributed by atoms with E-state index in [4.69, 9.17) is 0 Å². The lowest BCUT2D eigenvalue weighted by atomic mass is 9.99. The number of benzene rings is 1. The van der Waals surface area contributed by atoms with Crippen LogP contribution < -0.4 is 0 Å². The Balaban J connectivity index is 1.92. The molecule has 1 aliphatic rings. The highest BCUT2D eigenvalue weighted by Gasteiger charge is 2.35. The highest BCUT2D eigenvalue weighted by Crippen LogP contribution is 2.32. The Bertz CT molecular complexity index is 804. The summed E-state index contributed by atoms with van der Waals surface area (Å²) in [7, 11) is 0. The number of nitrogens with zero attached hydrogens (tertiary/aromatic N) is 3. The number of carbonyl (C=O) groups excluding carboxylic acids is 2. The third-order valence-electron chi connectivity index (χ3n) is 5.18. The van der Waals surface area contributed by atoms with E-state index < -0.39 is 0 Å². The number of rotatable bonds is 4. The minimum atomic E-state index is -0.388. The molecule has 0 N–H and O–H groups in total. The molecule has 2 heterocycles. The summed E-state index contributed by atoms with van der Waals surface area (Å²) in [6, 6.07) is 14.1. The molecule has 1 aromatic carbocycles. The second-order valence-corrected chi connectivity index (χ2v) is 8.03. The van der Waals surface area contributed by atoms with Crippen LogP contribution in [-0.4, -0.2) is 44.8 Å². The Labute approximate surface area is 161 Å². The molecule has 1 aliphatic heterocycles. The fourth-order valence-electron chi connectivity index (χ4n) is 3.75. The van der Waals surface area contributed by atoms with Crippen LogP contribution in [0.2, 0.25) is 0 Å². The third-order valence-corrected chi connectivity index (χ3v) is 5.18. The van der Waals surface area contributed by atoms with E-state index in [1.54, 1.807) is 4.90 Å². The molecule has 144 valence electrons. The molecule has 0 radical (unpaired) electrons. The van der Waals surface area contributed by atoms with Crippen LogP contribution in [0, 0.1) is 0 Å². The zero-order valence-corrected chi connectivity index (χ0v) is 16.7. The second kappa shape index (κ2) is 7.59. The van der Waals surface area contributed by atoms with Gasteiger partial charge in [0.2, 0.25) is 11.8 Å². The molecule has 27 heavy (non-hydrogen) atoms. The Morgan fingerprint density at radius 2 is 1.78 bits per heavy atom. The molecule has 2 aromatic rings. The van der Waals surface area contributed by atoms with Crippen LogP contribution in [0.3, 0.4) is 0 Å². The number of hydrogen-bond acceptors (Lipinski definition) is 2. The largest absolute Gasteiger partial charge is 0.348 e. The van der Waals surface area contributed by atoms with Gasteiger partial charge in [-0.3, -0.25) is 9.59 Å². The molecule has 1 aromatic heterocycles. The van der Waals surface area contributed by atoms with E-state index in [0.29, 0.717) is 13.0 Å². The van der Waals surface area contributed by atoms with Crippen LogP contribution in [0.5, 0.6) is 0 Å². The van der Waals surface area contributed by atoms with Crippen molar-refractivity contribution in [3.05, 3.63) is 59.9 Å². The standard InChI is InChI=1S/C22H29N3O2/c1-5-19(26)25(22(2,3)4)16-20(27)24-15-14-23-13-9-12-18(23)21(24)17-10-7-6-8-11-17/h6-13,21H,5,14-16H2,1-4H3.